The van der Waals surface area contributed by atoms with Crippen LogP contribution in [-0.4, -0.2) is 41.6 Å². The van der Waals surface area contributed by atoms with Gasteiger partial charge in [-0.2, -0.15) is 0 Å². The number of hydrogen-bond donors (Lipinski definition) is 1. The number of fused-ring (bicyclic) bond motifs is 1. The second-order valence-electron chi connectivity index (χ2n) is 6.19. The van der Waals surface area contributed by atoms with Crippen LogP contribution in [0.1, 0.15) is 24.8 Å². The number of carbonyl (C=O) groups excluding carboxylic acids is 1. The maximum atomic E-state index is 12.6. The number of hydrogen-bond acceptors (Lipinski definition) is 3. The van der Waals surface area contributed by atoms with Crippen LogP contribution in [-0.2, 0) is 16.0 Å². The summed E-state index contributed by atoms with van der Waals surface area (Å²) in [4.78, 5) is 25.2. The van der Waals surface area contributed by atoms with Gasteiger partial charge in [0, 0.05) is 19.5 Å². The molecule has 0 spiro atoms. The molecule has 2 aliphatic rings. The molecular formula is C17H21NO4. The molecule has 1 fully saturated rings. The van der Waals surface area contributed by atoms with Crippen molar-refractivity contribution in [3.8, 4) is 5.75 Å². The fourth-order valence-corrected chi connectivity index (χ4v) is 3.35. The SMILES string of the molecule is O=C(O)CC1CCN(C(=O)C2COc3ccccc3C2)CC1. The van der Waals surface area contributed by atoms with Crippen LogP contribution in [0.3, 0.4) is 0 Å². The largest absolute Gasteiger partial charge is 0.492 e. The van der Waals surface area contributed by atoms with E-state index in [1.54, 1.807) is 0 Å². The average Bonchev–Trinajstić information content (AvgIpc) is 2.54. The van der Waals surface area contributed by atoms with Crippen molar-refractivity contribution < 1.29 is 19.4 Å². The van der Waals surface area contributed by atoms with Crippen molar-refractivity contribution in [3.05, 3.63) is 29.8 Å². The summed E-state index contributed by atoms with van der Waals surface area (Å²) in [5, 5.41) is 8.84. The summed E-state index contributed by atoms with van der Waals surface area (Å²) in [7, 11) is 0. The monoisotopic (exact) mass is 303 g/mol. The highest BCUT2D eigenvalue weighted by atomic mass is 16.5. The molecule has 1 saturated heterocycles. The number of likely N-dealkylation sites (tertiary alicyclic amines) is 1. The van der Waals surface area contributed by atoms with Gasteiger partial charge in [0.2, 0.25) is 5.91 Å². The number of amides is 1. The van der Waals surface area contributed by atoms with E-state index in [9.17, 15) is 9.59 Å². The fourth-order valence-electron chi connectivity index (χ4n) is 3.35. The quantitative estimate of drug-likeness (QED) is 0.927. The third kappa shape index (κ3) is 3.24. The lowest BCUT2D eigenvalue weighted by Gasteiger charge is -2.35. The molecule has 0 aliphatic carbocycles. The van der Waals surface area contributed by atoms with Crippen molar-refractivity contribution in [1.82, 2.24) is 4.90 Å². The molecule has 0 aromatic heterocycles. The number of carbonyl (C=O) groups is 2. The van der Waals surface area contributed by atoms with Crippen molar-refractivity contribution in [2.75, 3.05) is 19.7 Å². The van der Waals surface area contributed by atoms with E-state index < -0.39 is 5.97 Å². The van der Waals surface area contributed by atoms with E-state index in [4.69, 9.17) is 9.84 Å². The van der Waals surface area contributed by atoms with Gasteiger partial charge in [-0.25, -0.2) is 0 Å². The predicted octanol–water partition coefficient (Wildman–Crippen LogP) is 1.95. The van der Waals surface area contributed by atoms with E-state index in [0.29, 0.717) is 19.7 Å². The minimum atomic E-state index is -0.748. The first-order chi connectivity index (χ1) is 10.6. The van der Waals surface area contributed by atoms with E-state index in [2.05, 4.69) is 0 Å². The average molecular weight is 303 g/mol. The van der Waals surface area contributed by atoms with Crippen LogP contribution in [0.15, 0.2) is 24.3 Å². The number of carboxylic acids is 1. The number of nitrogens with zero attached hydrogens (tertiary/aromatic N) is 1. The molecule has 118 valence electrons. The molecule has 0 saturated carbocycles. The molecule has 3 rings (SSSR count). The van der Waals surface area contributed by atoms with Gasteiger partial charge in [-0.05, 0) is 36.8 Å². The van der Waals surface area contributed by atoms with Gasteiger partial charge in [-0.15, -0.1) is 0 Å². The smallest absolute Gasteiger partial charge is 0.303 e. The second kappa shape index (κ2) is 6.38. The zero-order valence-corrected chi connectivity index (χ0v) is 12.5. The van der Waals surface area contributed by atoms with Crippen molar-refractivity contribution in [2.45, 2.75) is 25.7 Å². The lowest BCUT2D eigenvalue weighted by molar-refractivity contribution is -0.140. The Morgan fingerprint density at radius 1 is 1.23 bits per heavy atom. The Bertz CT molecular complexity index is 564. The number of carboxylic acid groups (broad SMARTS) is 1. The molecule has 1 amide bonds. The second-order valence-corrected chi connectivity index (χ2v) is 6.19. The standard InChI is InChI=1S/C17H21NO4/c19-16(20)9-12-5-7-18(8-6-12)17(21)14-10-13-3-1-2-4-15(13)22-11-14/h1-4,12,14H,5-11H2,(H,19,20). The highest BCUT2D eigenvalue weighted by molar-refractivity contribution is 5.80. The molecule has 5 nitrogen and oxygen atoms in total. The number of piperidine rings is 1. The Morgan fingerprint density at radius 2 is 1.95 bits per heavy atom. The highest BCUT2D eigenvalue weighted by Crippen LogP contribution is 2.29. The minimum absolute atomic E-state index is 0.120. The Kier molecular flexibility index (Phi) is 4.32. The lowest BCUT2D eigenvalue weighted by Crippen LogP contribution is -2.44. The number of aliphatic carboxylic acids is 1. The first-order valence-corrected chi connectivity index (χ1v) is 7.85. The Balaban J connectivity index is 1.56. The van der Waals surface area contributed by atoms with Gasteiger partial charge in [0.25, 0.3) is 0 Å². The molecule has 2 aliphatic heterocycles. The van der Waals surface area contributed by atoms with Gasteiger partial charge in [-0.1, -0.05) is 18.2 Å². The molecule has 1 aromatic carbocycles. The summed E-state index contributed by atoms with van der Waals surface area (Å²) in [6.07, 6.45) is 2.50. The lowest BCUT2D eigenvalue weighted by atomic mass is 9.91. The van der Waals surface area contributed by atoms with Crippen LogP contribution in [0.25, 0.3) is 0 Å². The molecular weight excluding hydrogens is 282 g/mol. The fraction of sp³-hybridized carbons (Fsp3) is 0.529. The van der Waals surface area contributed by atoms with Crippen molar-refractivity contribution in [3.63, 3.8) is 0 Å². The third-order valence-electron chi connectivity index (χ3n) is 4.62. The molecule has 1 unspecified atom stereocenters. The van der Waals surface area contributed by atoms with Gasteiger partial charge in [0.15, 0.2) is 0 Å². The van der Waals surface area contributed by atoms with Crippen LogP contribution >= 0.6 is 0 Å². The van der Waals surface area contributed by atoms with Gasteiger partial charge in [-0.3, -0.25) is 9.59 Å². The molecule has 1 atom stereocenters. The number of para-hydroxylation sites is 1. The Morgan fingerprint density at radius 3 is 2.68 bits per heavy atom. The Hall–Kier alpha value is -2.04. The van der Waals surface area contributed by atoms with Crippen LogP contribution in [0.5, 0.6) is 5.75 Å². The minimum Gasteiger partial charge on any atom is -0.492 e. The first kappa shape index (κ1) is 14.9. The molecule has 1 aromatic rings. The molecule has 22 heavy (non-hydrogen) atoms. The maximum absolute atomic E-state index is 12.6. The normalized spacial score (nSPS) is 21.8. The van der Waals surface area contributed by atoms with Gasteiger partial charge in [0.1, 0.15) is 12.4 Å². The summed E-state index contributed by atoms with van der Waals surface area (Å²) in [5.74, 6) is 0.355. The van der Waals surface area contributed by atoms with Gasteiger partial charge in [0.05, 0.1) is 5.92 Å². The van der Waals surface area contributed by atoms with E-state index in [1.165, 1.54) is 0 Å². The van der Waals surface area contributed by atoms with Crippen molar-refractivity contribution >= 4 is 11.9 Å². The number of ether oxygens (including phenoxy) is 1. The summed E-state index contributed by atoms with van der Waals surface area (Å²) in [6.45, 7) is 1.76. The first-order valence-electron chi connectivity index (χ1n) is 7.85. The molecule has 5 heteroatoms. The zero-order valence-electron chi connectivity index (χ0n) is 12.5. The summed E-state index contributed by atoms with van der Waals surface area (Å²) < 4.78 is 5.70. The summed E-state index contributed by atoms with van der Waals surface area (Å²) in [5.41, 5.74) is 1.09. The van der Waals surface area contributed by atoms with E-state index in [1.807, 2.05) is 29.2 Å². The highest BCUT2D eigenvalue weighted by Gasteiger charge is 2.31. The van der Waals surface area contributed by atoms with Gasteiger partial charge < -0.3 is 14.7 Å². The van der Waals surface area contributed by atoms with E-state index in [-0.39, 0.29) is 24.2 Å². The van der Waals surface area contributed by atoms with Gasteiger partial charge >= 0.3 is 5.97 Å². The van der Waals surface area contributed by atoms with Crippen molar-refractivity contribution in [2.24, 2.45) is 11.8 Å². The zero-order chi connectivity index (χ0) is 15.5. The predicted molar refractivity (Wildman–Crippen MR) is 80.7 cm³/mol. The Labute approximate surface area is 129 Å². The molecule has 0 radical (unpaired) electrons. The topological polar surface area (TPSA) is 66.8 Å². The third-order valence-corrected chi connectivity index (χ3v) is 4.62. The summed E-state index contributed by atoms with van der Waals surface area (Å²) in [6, 6.07) is 7.85. The maximum Gasteiger partial charge on any atom is 0.303 e. The van der Waals surface area contributed by atoms with E-state index in [0.717, 1.165) is 30.6 Å². The van der Waals surface area contributed by atoms with Crippen LogP contribution in [0, 0.1) is 11.8 Å². The van der Waals surface area contributed by atoms with E-state index >= 15 is 0 Å². The number of rotatable bonds is 3. The van der Waals surface area contributed by atoms with Crippen molar-refractivity contribution in [1.29, 1.82) is 0 Å². The van der Waals surface area contributed by atoms with Crippen LogP contribution in [0.2, 0.25) is 0 Å². The number of benzene rings is 1. The molecule has 2 heterocycles. The molecule has 1 N–H and O–H groups in total. The van der Waals surface area contributed by atoms with Crippen LogP contribution in [0.4, 0.5) is 0 Å². The molecule has 0 bridgehead atoms. The summed E-state index contributed by atoms with van der Waals surface area (Å²) >= 11 is 0. The van der Waals surface area contributed by atoms with Crippen LogP contribution < -0.4 is 4.74 Å².